The molecule has 2 aromatic carbocycles. The monoisotopic (exact) mass is 348 g/mol. The van der Waals surface area contributed by atoms with Gasteiger partial charge in [-0.2, -0.15) is 0 Å². The van der Waals surface area contributed by atoms with Gasteiger partial charge in [0.25, 0.3) is 0 Å². The second-order valence-corrected chi connectivity index (χ2v) is 7.05. The van der Waals surface area contributed by atoms with Crippen LogP contribution in [0.3, 0.4) is 0 Å². The van der Waals surface area contributed by atoms with Gasteiger partial charge in [0.2, 0.25) is 5.91 Å². The molecule has 1 atom stereocenters. The summed E-state index contributed by atoms with van der Waals surface area (Å²) in [5, 5.41) is 4.50. The van der Waals surface area contributed by atoms with Crippen molar-refractivity contribution in [1.29, 1.82) is 0 Å². The number of hydrogen-bond acceptors (Lipinski definition) is 2. The molecule has 134 valence electrons. The number of aromatic amines is 1. The van der Waals surface area contributed by atoms with Crippen molar-refractivity contribution in [2.75, 3.05) is 6.61 Å². The Morgan fingerprint density at radius 2 is 2.08 bits per heavy atom. The molecular formula is C22H24N2O2. The van der Waals surface area contributed by atoms with E-state index < -0.39 is 0 Å². The number of para-hydroxylation sites is 1. The average Bonchev–Trinajstić information content (AvgIpc) is 2.99. The first kappa shape index (κ1) is 16.7. The van der Waals surface area contributed by atoms with Crippen molar-refractivity contribution < 1.29 is 9.53 Å². The van der Waals surface area contributed by atoms with Crippen molar-refractivity contribution in [3.05, 3.63) is 65.4 Å². The summed E-state index contributed by atoms with van der Waals surface area (Å²) in [6, 6.07) is 16.3. The number of aromatic nitrogens is 1. The summed E-state index contributed by atoms with van der Waals surface area (Å²) in [7, 11) is 0. The van der Waals surface area contributed by atoms with E-state index in [-0.39, 0.29) is 11.9 Å². The van der Waals surface area contributed by atoms with E-state index in [4.69, 9.17) is 4.74 Å². The van der Waals surface area contributed by atoms with Crippen molar-refractivity contribution in [2.45, 2.75) is 38.6 Å². The molecule has 0 radical (unpaired) electrons. The van der Waals surface area contributed by atoms with Gasteiger partial charge in [0.1, 0.15) is 5.75 Å². The maximum Gasteiger partial charge on any atom is 0.223 e. The third kappa shape index (κ3) is 3.59. The van der Waals surface area contributed by atoms with Crippen LogP contribution in [0.5, 0.6) is 5.75 Å². The van der Waals surface area contributed by atoms with Gasteiger partial charge in [-0.05, 0) is 49.6 Å². The minimum atomic E-state index is 0.0568. The van der Waals surface area contributed by atoms with Crippen LogP contribution in [0.15, 0.2) is 48.5 Å². The zero-order chi connectivity index (χ0) is 17.9. The van der Waals surface area contributed by atoms with Crippen LogP contribution in [-0.4, -0.2) is 23.5 Å². The molecule has 1 amide bonds. The molecule has 4 heteroatoms. The third-order valence-corrected chi connectivity index (χ3v) is 5.05. The number of carbonyl (C=O) groups is 1. The Balaban J connectivity index is 1.32. The first-order valence-electron chi connectivity index (χ1n) is 9.26. The number of amides is 1. The van der Waals surface area contributed by atoms with Gasteiger partial charge in [0.05, 0.1) is 13.0 Å². The number of fused-ring (bicyclic) bond motifs is 3. The second-order valence-electron chi connectivity index (χ2n) is 7.05. The van der Waals surface area contributed by atoms with E-state index in [0.717, 1.165) is 25.0 Å². The number of rotatable bonds is 5. The van der Waals surface area contributed by atoms with Crippen LogP contribution in [0, 0.1) is 6.92 Å². The van der Waals surface area contributed by atoms with Crippen molar-refractivity contribution in [3.63, 3.8) is 0 Å². The molecule has 0 spiro atoms. The fourth-order valence-corrected chi connectivity index (χ4v) is 3.75. The van der Waals surface area contributed by atoms with Crippen molar-refractivity contribution in [3.8, 4) is 5.75 Å². The van der Waals surface area contributed by atoms with Crippen LogP contribution >= 0.6 is 0 Å². The van der Waals surface area contributed by atoms with Crippen molar-refractivity contribution >= 4 is 16.8 Å². The standard InChI is InChI=1S/C22H24N2O2/c1-15-7-10-20-19(13-15)18-9-8-16(14-21(18)24-20)23-22(25)11-12-26-17-5-3-2-4-6-17/h2-7,10,13,16,24H,8-9,11-12,14H2,1H3,(H,23,25). The van der Waals surface area contributed by atoms with E-state index in [9.17, 15) is 4.79 Å². The highest BCUT2D eigenvalue weighted by Gasteiger charge is 2.23. The van der Waals surface area contributed by atoms with Crippen LogP contribution in [0.2, 0.25) is 0 Å². The molecule has 4 nitrogen and oxygen atoms in total. The van der Waals surface area contributed by atoms with Gasteiger partial charge in [-0.25, -0.2) is 0 Å². The van der Waals surface area contributed by atoms with Gasteiger partial charge >= 0.3 is 0 Å². The lowest BCUT2D eigenvalue weighted by molar-refractivity contribution is -0.122. The third-order valence-electron chi connectivity index (χ3n) is 5.05. The molecule has 0 bridgehead atoms. The number of aryl methyl sites for hydroxylation is 2. The molecular weight excluding hydrogens is 324 g/mol. The minimum Gasteiger partial charge on any atom is -0.493 e. The summed E-state index contributed by atoms with van der Waals surface area (Å²) in [4.78, 5) is 15.8. The van der Waals surface area contributed by atoms with Crippen LogP contribution in [0.1, 0.15) is 29.7 Å². The molecule has 0 fully saturated rings. The van der Waals surface area contributed by atoms with Crippen LogP contribution in [0.25, 0.3) is 10.9 Å². The number of hydrogen-bond donors (Lipinski definition) is 2. The number of nitrogens with one attached hydrogen (secondary N) is 2. The average molecular weight is 348 g/mol. The molecule has 4 rings (SSSR count). The van der Waals surface area contributed by atoms with Gasteiger partial charge in [-0.3, -0.25) is 4.79 Å². The van der Waals surface area contributed by atoms with Crippen LogP contribution in [-0.2, 0) is 17.6 Å². The van der Waals surface area contributed by atoms with Gasteiger partial charge < -0.3 is 15.0 Å². The summed E-state index contributed by atoms with van der Waals surface area (Å²) in [6.07, 6.45) is 3.24. The quantitative estimate of drug-likeness (QED) is 0.734. The van der Waals surface area contributed by atoms with Gasteiger partial charge in [0, 0.05) is 29.1 Å². The second kappa shape index (κ2) is 7.24. The molecule has 1 unspecified atom stereocenters. The zero-order valence-electron chi connectivity index (χ0n) is 15.0. The van der Waals surface area contributed by atoms with Crippen LogP contribution in [0.4, 0.5) is 0 Å². The van der Waals surface area contributed by atoms with E-state index >= 15 is 0 Å². The Morgan fingerprint density at radius 1 is 1.23 bits per heavy atom. The molecule has 0 saturated carbocycles. The molecule has 26 heavy (non-hydrogen) atoms. The summed E-state index contributed by atoms with van der Waals surface area (Å²) < 4.78 is 5.61. The fraction of sp³-hybridized carbons (Fsp3) is 0.318. The maximum atomic E-state index is 12.2. The molecule has 1 aromatic heterocycles. The van der Waals surface area contributed by atoms with Gasteiger partial charge in [0.15, 0.2) is 0 Å². The molecule has 1 heterocycles. The Bertz CT molecular complexity index is 915. The Labute approximate surface area is 153 Å². The molecule has 1 aliphatic carbocycles. The first-order chi connectivity index (χ1) is 12.7. The van der Waals surface area contributed by atoms with Gasteiger partial charge in [-0.1, -0.05) is 29.8 Å². The lowest BCUT2D eigenvalue weighted by Gasteiger charge is -2.23. The highest BCUT2D eigenvalue weighted by molar-refractivity contribution is 5.85. The molecule has 0 aliphatic heterocycles. The summed E-state index contributed by atoms with van der Waals surface area (Å²) in [5.41, 5.74) is 5.17. The van der Waals surface area contributed by atoms with Crippen molar-refractivity contribution in [2.24, 2.45) is 0 Å². The van der Waals surface area contributed by atoms with Crippen molar-refractivity contribution in [1.82, 2.24) is 10.3 Å². The summed E-state index contributed by atoms with van der Waals surface area (Å²) in [5.74, 6) is 0.859. The Morgan fingerprint density at radius 3 is 2.92 bits per heavy atom. The highest BCUT2D eigenvalue weighted by atomic mass is 16.5. The predicted molar refractivity (Wildman–Crippen MR) is 104 cm³/mol. The number of carbonyl (C=O) groups excluding carboxylic acids is 1. The van der Waals surface area contributed by atoms with E-state index in [1.807, 2.05) is 30.3 Å². The predicted octanol–water partition coefficient (Wildman–Crippen LogP) is 3.92. The smallest absolute Gasteiger partial charge is 0.223 e. The van der Waals surface area contributed by atoms with Crippen LogP contribution < -0.4 is 10.1 Å². The topological polar surface area (TPSA) is 54.1 Å². The first-order valence-corrected chi connectivity index (χ1v) is 9.26. The van der Waals surface area contributed by atoms with E-state index in [2.05, 4.69) is 35.4 Å². The fourth-order valence-electron chi connectivity index (χ4n) is 3.75. The van der Waals surface area contributed by atoms with E-state index in [1.54, 1.807) is 0 Å². The van der Waals surface area contributed by atoms with E-state index in [1.165, 1.54) is 27.7 Å². The number of ether oxygens (including phenoxy) is 1. The summed E-state index contributed by atoms with van der Waals surface area (Å²) >= 11 is 0. The SMILES string of the molecule is Cc1ccc2[nH]c3c(c2c1)CCC(NC(=O)CCOc1ccccc1)C3. The maximum absolute atomic E-state index is 12.2. The Hall–Kier alpha value is -2.75. The zero-order valence-corrected chi connectivity index (χ0v) is 15.0. The molecule has 2 N–H and O–H groups in total. The summed E-state index contributed by atoms with van der Waals surface area (Å²) in [6.45, 7) is 2.53. The molecule has 0 saturated heterocycles. The van der Waals surface area contributed by atoms with Gasteiger partial charge in [-0.15, -0.1) is 0 Å². The molecule has 3 aromatic rings. The number of benzene rings is 2. The molecule has 1 aliphatic rings. The largest absolute Gasteiger partial charge is 0.493 e. The highest BCUT2D eigenvalue weighted by Crippen LogP contribution is 2.29. The lowest BCUT2D eigenvalue weighted by atomic mass is 9.91. The minimum absolute atomic E-state index is 0.0568. The van der Waals surface area contributed by atoms with E-state index in [0.29, 0.717) is 13.0 Å². The Kier molecular flexibility index (Phi) is 4.65. The number of H-pyrrole nitrogens is 1. The lowest BCUT2D eigenvalue weighted by Crippen LogP contribution is -2.39. The normalized spacial score (nSPS) is 16.3.